The molecule has 0 aliphatic heterocycles. The summed E-state index contributed by atoms with van der Waals surface area (Å²) in [7, 11) is 0. The van der Waals surface area contributed by atoms with Gasteiger partial charge >= 0.3 is 0 Å². The average Bonchev–Trinajstić information content (AvgIpc) is 2.74. The molecule has 1 aliphatic rings. The van der Waals surface area contributed by atoms with Crippen LogP contribution in [0.2, 0.25) is 0 Å². The Morgan fingerprint density at radius 3 is 2.47 bits per heavy atom. The maximum atomic E-state index is 5.23. The molecule has 1 atom stereocenters. The summed E-state index contributed by atoms with van der Waals surface area (Å²) < 4.78 is 0. The van der Waals surface area contributed by atoms with E-state index in [9.17, 15) is 0 Å². The predicted molar refractivity (Wildman–Crippen MR) is 68.0 cm³/mol. The zero-order valence-electron chi connectivity index (χ0n) is 9.08. The van der Waals surface area contributed by atoms with Crippen LogP contribution in [-0.2, 0) is 0 Å². The van der Waals surface area contributed by atoms with Gasteiger partial charge < -0.3 is 10.6 Å². The molecule has 0 radical (unpaired) electrons. The minimum atomic E-state index is 0.405. The largest absolute Gasteiger partial charge is 0.359 e. The third-order valence-electron chi connectivity index (χ3n) is 2.85. The van der Waals surface area contributed by atoms with E-state index in [0.717, 1.165) is 10.8 Å². The third kappa shape index (κ3) is 2.69. The van der Waals surface area contributed by atoms with Gasteiger partial charge in [0.1, 0.15) is 0 Å². The highest BCUT2D eigenvalue weighted by Crippen LogP contribution is 2.44. The molecule has 1 aromatic carbocycles. The van der Waals surface area contributed by atoms with Crippen molar-refractivity contribution in [1.82, 2.24) is 5.32 Å². The van der Waals surface area contributed by atoms with Crippen molar-refractivity contribution >= 4 is 23.0 Å². The number of rotatable bonds is 2. The fourth-order valence-electron chi connectivity index (χ4n) is 1.56. The number of benzene rings is 1. The molecular weight excluding hydrogens is 204 g/mol. The number of hydrogen-bond acceptors (Lipinski definition) is 1. The molecule has 1 unspecified atom stereocenters. The van der Waals surface area contributed by atoms with Crippen molar-refractivity contribution in [2.75, 3.05) is 5.32 Å². The summed E-state index contributed by atoms with van der Waals surface area (Å²) in [5, 5.41) is 7.20. The van der Waals surface area contributed by atoms with Crippen molar-refractivity contribution in [2.24, 2.45) is 5.41 Å². The molecule has 0 amide bonds. The SMILES string of the molecule is CC1(C)CC1NC(=S)Nc1ccccc1. The van der Waals surface area contributed by atoms with Gasteiger partial charge in [-0.2, -0.15) is 0 Å². The average molecular weight is 220 g/mol. The van der Waals surface area contributed by atoms with Gasteiger partial charge in [0.25, 0.3) is 0 Å². The standard InChI is InChI=1S/C12H16N2S/c1-12(2)8-10(12)14-11(15)13-9-6-4-3-5-7-9/h3-7,10H,8H2,1-2H3,(H2,13,14,15). The maximum Gasteiger partial charge on any atom is 0.171 e. The molecule has 1 saturated carbocycles. The summed E-state index contributed by atoms with van der Waals surface area (Å²) in [6, 6.07) is 10.5. The quantitative estimate of drug-likeness (QED) is 0.749. The lowest BCUT2D eigenvalue weighted by Gasteiger charge is -2.11. The fourth-order valence-corrected chi connectivity index (χ4v) is 1.82. The molecule has 2 rings (SSSR count). The van der Waals surface area contributed by atoms with Crippen LogP contribution < -0.4 is 10.6 Å². The molecule has 0 saturated heterocycles. The summed E-state index contributed by atoms with van der Waals surface area (Å²) in [6.07, 6.45) is 1.20. The highest BCUT2D eigenvalue weighted by molar-refractivity contribution is 7.80. The monoisotopic (exact) mass is 220 g/mol. The zero-order chi connectivity index (χ0) is 10.9. The second-order valence-electron chi connectivity index (χ2n) is 4.71. The van der Waals surface area contributed by atoms with Crippen LogP contribution in [0, 0.1) is 5.41 Å². The minimum Gasteiger partial charge on any atom is -0.359 e. The van der Waals surface area contributed by atoms with Gasteiger partial charge in [0.2, 0.25) is 0 Å². The summed E-state index contributed by atoms with van der Waals surface area (Å²) in [5.41, 5.74) is 1.44. The second kappa shape index (κ2) is 3.81. The fraction of sp³-hybridized carbons (Fsp3) is 0.417. The number of nitrogens with one attached hydrogen (secondary N) is 2. The van der Waals surface area contributed by atoms with Crippen LogP contribution in [0.3, 0.4) is 0 Å². The molecule has 1 aromatic rings. The Bertz CT molecular complexity index is 359. The van der Waals surface area contributed by atoms with Crippen LogP contribution in [0.5, 0.6) is 0 Å². The maximum absolute atomic E-state index is 5.23. The van der Waals surface area contributed by atoms with Gasteiger partial charge in [-0.1, -0.05) is 32.0 Å². The highest BCUT2D eigenvalue weighted by atomic mass is 32.1. The molecule has 0 heterocycles. The van der Waals surface area contributed by atoms with E-state index >= 15 is 0 Å². The van der Waals surface area contributed by atoms with Crippen molar-refractivity contribution in [3.05, 3.63) is 30.3 Å². The first-order valence-electron chi connectivity index (χ1n) is 5.20. The molecule has 2 nitrogen and oxygen atoms in total. The first-order valence-corrected chi connectivity index (χ1v) is 5.61. The van der Waals surface area contributed by atoms with E-state index in [0.29, 0.717) is 11.5 Å². The summed E-state index contributed by atoms with van der Waals surface area (Å²) in [4.78, 5) is 0. The van der Waals surface area contributed by atoms with Gasteiger partial charge in [0.05, 0.1) is 0 Å². The van der Waals surface area contributed by atoms with Crippen molar-refractivity contribution in [2.45, 2.75) is 26.3 Å². The molecular formula is C12H16N2S. The molecule has 0 aromatic heterocycles. The predicted octanol–water partition coefficient (Wildman–Crippen LogP) is 2.77. The van der Waals surface area contributed by atoms with Crippen LogP contribution in [0.4, 0.5) is 5.69 Å². The van der Waals surface area contributed by atoms with Crippen LogP contribution >= 0.6 is 12.2 Å². The van der Waals surface area contributed by atoms with Crippen molar-refractivity contribution < 1.29 is 0 Å². The Morgan fingerprint density at radius 1 is 1.33 bits per heavy atom. The molecule has 1 aliphatic carbocycles. The van der Waals surface area contributed by atoms with Crippen LogP contribution in [-0.4, -0.2) is 11.2 Å². The third-order valence-corrected chi connectivity index (χ3v) is 3.07. The summed E-state index contributed by atoms with van der Waals surface area (Å²) in [5.74, 6) is 0. The van der Waals surface area contributed by atoms with Crippen molar-refractivity contribution in [3.63, 3.8) is 0 Å². The molecule has 3 heteroatoms. The topological polar surface area (TPSA) is 24.1 Å². The normalized spacial score (nSPS) is 21.9. The van der Waals surface area contributed by atoms with Crippen LogP contribution in [0.25, 0.3) is 0 Å². The molecule has 1 fully saturated rings. The minimum absolute atomic E-state index is 0.405. The Labute approximate surface area is 96.1 Å². The summed E-state index contributed by atoms with van der Waals surface area (Å²) >= 11 is 5.23. The molecule has 15 heavy (non-hydrogen) atoms. The lowest BCUT2D eigenvalue weighted by Crippen LogP contribution is -2.32. The van der Waals surface area contributed by atoms with Gasteiger partial charge in [0, 0.05) is 11.7 Å². The van der Waals surface area contributed by atoms with E-state index in [4.69, 9.17) is 12.2 Å². The van der Waals surface area contributed by atoms with Gasteiger partial charge in [0.15, 0.2) is 5.11 Å². The van der Waals surface area contributed by atoms with E-state index in [-0.39, 0.29) is 0 Å². The Hall–Kier alpha value is -1.09. The number of anilines is 1. The Morgan fingerprint density at radius 2 is 1.93 bits per heavy atom. The molecule has 80 valence electrons. The Balaban J connectivity index is 1.84. The van der Waals surface area contributed by atoms with E-state index in [1.54, 1.807) is 0 Å². The lowest BCUT2D eigenvalue weighted by molar-refractivity contribution is 0.596. The highest BCUT2D eigenvalue weighted by Gasteiger charge is 2.45. The Kier molecular flexibility index (Phi) is 2.65. The number of hydrogen-bond donors (Lipinski definition) is 2. The van der Waals surface area contributed by atoms with Gasteiger partial charge in [-0.15, -0.1) is 0 Å². The first-order chi connectivity index (χ1) is 7.08. The van der Waals surface area contributed by atoms with E-state index in [1.165, 1.54) is 6.42 Å². The number of thiocarbonyl (C=S) groups is 1. The van der Waals surface area contributed by atoms with E-state index in [1.807, 2.05) is 30.3 Å². The smallest absolute Gasteiger partial charge is 0.171 e. The van der Waals surface area contributed by atoms with Gasteiger partial charge in [-0.3, -0.25) is 0 Å². The van der Waals surface area contributed by atoms with E-state index in [2.05, 4.69) is 24.5 Å². The van der Waals surface area contributed by atoms with E-state index < -0.39 is 0 Å². The van der Waals surface area contributed by atoms with Crippen molar-refractivity contribution in [3.8, 4) is 0 Å². The van der Waals surface area contributed by atoms with Gasteiger partial charge in [-0.25, -0.2) is 0 Å². The molecule has 2 N–H and O–H groups in total. The van der Waals surface area contributed by atoms with Crippen LogP contribution in [0.15, 0.2) is 30.3 Å². The first kappa shape index (κ1) is 10.4. The van der Waals surface area contributed by atoms with Gasteiger partial charge in [-0.05, 0) is 36.2 Å². The number of para-hydroxylation sites is 1. The lowest BCUT2D eigenvalue weighted by atomic mass is 10.2. The second-order valence-corrected chi connectivity index (χ2v) is 5.12. The summed E-state index contributed by atoms with van der Waals surface area (Å²) in [6.45, 7) is 4.49. The zero-order valence-corrected chi connectivity index (χ0v) is 9.90. The molecule has 0 bridgehead atoms. The van der Waals surface area contributed by atoms with Crippen LogP contribution in [0.1, 0.15) is 20.3 Å². The van der Waals surface area contributed by atoms with Crippen molar-refractivity contribution in [1.29, 1.82) is 0 Å². The molecule has 0 spiro atoms.